The first-order valence-electron chi connectivity index (χ1n) is 10.8. The Morgan fingerprint density at radius 3 is 2.12 bits per heavy atom. The topological polar surface area (TPSA) is 59.1 Å². The van der Waals surface area contributed by atoms with Crippen molar-refractivity contribution in [3.63, 3.8) is 0 Å². The lowest BCUT2D eigenvalue weighted by molar-refractivity contribution is -0.128. The van der Waals surface area contributed by atoms with Crippen LogP contribution in [0.4, 0.5) is 11.4 Å². The minimum Gasteiger partial charge on any atom is -0.497 e. The molecule has 6 heteroatoms. The van der Waals surface area contributed by atoms with Crippen molar-refractivity contribution in [3.8, 4) is 11.5 Å². The van der Waals surface area contributed by atoms with E-state index in [0.29, 0.717) is 17.2 Å². The summed E-state index contributed by atoms with van der Waals surface area (Å²) in [5, 5.41) is 0. The maximum Gasteiger partial charge on any atom is 0.255 e. The minimum absolute atomic E-state index is 0.0992. The predicted octanol–water partition coefficient (Wildman–Crippen LogP) is 4.75. The maximum atomic E-state index is 14.0. The van der Waals surface area contributed by atoms with Gasteiger partial charge in [-0.3, -0.25) is 19.4 Å². The molecule has 6 nitrogen and oxygen atoms in total. The van der Waals surface area contributed by atoms with E-state index in [9.17, 15) is 9.59 Å². The molecule has 2 amide bonds. The van der Waals surface area contributed by atoms with E-state index in [2.05, 4.69) is 0 Å². The summed E-state index contributed by atoms with van der Waals surface area (Å²) < 4.78 is 10.9. The van der Waals surface area contributed by atoms with Crippen molar-refractivity contribution in [2.45, 2.75) is 26.8 Å². The zero-order valence-electron chi connectivity index (χ0n) is 19.6. The number of hydrogen-bond acceptors (Lipinski definition) is 4. The van der Waals surface area contributed by atoms with Crippen LogP contribution in [0.5, 0.6) is 11.5 Å². The number of hydrogen-bond donors (Lipinski definition) is 0. The molecule has 0 aliphatic carbocycles. The molecule has 0 bridgehead atoms. The van der Waals surface area contributed by atoms with E-state index >= 15 is 0 Å². The Morgan fingerprint density at radius 1 is 0.788 bits per heavy atom. The molecule has 170 valence electrons. The van der Waals surface area contributed by atoms with Crippen molar-refractivity contribution in [2.75, 3.05) is 30.6 Å². The second kappa shape index (κ2) is 8.98. The Morgan fingerprint density at radius 2 is 1.48 bits per heavy atom. The normalized spacial score (nSPS) is 16.2. The second-order valence-corrected chi connectivity index (χ2v) is 8.33. The van der Waals surface area contributed by atoms with Gasteiger partial charge in [0.2, 0.25) is 5.91 Å². The van der Waals surface area contributed by atoms with Crippen molar-refractivity contribution in [2.24, 2.45) is 0 Å². The fraction of sp³-hybridized carbons (Fsp3) is 0.259. The van der Waals surface area contributed by atoms with E-state index in [1.807, 2.05) is 63.2 Å². The summed E-state index contributed by atoms with van der Waals surface area (Å²) >= 11 is 0. The molecule has 3 aromatic carbocycles. The summed E-state index contributed by atoms with van der Waals surface area (Å²) in [4.78, 5) is 30.8. The number of carbonyl (C=O) groups is 2. The van der Waals surface area contributed by atoms with Crippen molar-refractivity contribution < 1.29 is 19.1 Å². The predicted molar refractivity (Wildman–Crippen MR) is 129 cm³/mol. The van der Waals surface area contributed by atoms with Crippen molar-refractivity contribution >= 4 is 23.2 Å². The van der Waals surface area contributed by atoms with Crippen LogP contribution < -0.4 is 19.3 Å². The number of carbonyl (C=O) groups excluding carboxylic acids is 2. The number of rotatable bonds is 5. The molecule has 0 spiro atoms. The third-order valence-corrected chi connectivity index (χ3v) is 6.00. The van der Waals surface area contributed by atoms with Gasteiger partial charge in [-0.2, -0.15) is 0 Å². The Kier molecular flexibility index (Phi) is 6.09. The maximum absolute atomic E-state index is 14.0. The van der Waals surface area contributed by atoms with E-state index in [4.69, 9.17) is 9.47 Å². The zero-order valence-corrected chi connectivity index (χ0v) is 19.6. The highest BCUT2D eigenvalue weighted by molar-refractivity contribution is 6.15. The van der Waals surface area contributed by atoms with Gasteiger partial charge in [0.05, 0.1) is 19.9 Å². The van der Waals surface area contributed by atoms with Gasteiger partial charge < -0.3 is 9.47 Å². The van der Waals surface area contributed by atoms with Crippen LogP contribution in [-0.4, -0.2) is 32.6 Å². The number of piperazine rings is 1. The van der Waals surface area contributed by atoms with E-state index < -0.39 is 6.04 Å². The number of ether oxygens (including phenoxy) is 2. The molecule has 1 aliphatic rings. The van der Waals surface area contributed by atoms with Gasteiger partial charge in [0, 0.05) is 11.8 Å². The number of methoxy groups -OCH3 is 2. The average Bonchev–Trinajstić information content (AvgIpc) is 2.81. The molecule has 1 fully saturated rings. The number of anilines is 2. The fourth-order valence-corrected chi connectivity index (χ4v) is 4.29. The van der Waals surface area contributed by atoms with Crippen LogP contribution >= 0.6 is 0 Å². The van der Waals surface area contributed by atoms with E-state index in [1.54, 1.807) is 37.3 Å². The SMILES string of the molecule is COc1ccc(OC)c(N2CC(=O)N(c3ccc(C)cc3C)[C@H](c3ccc(C)cc3)C2=O)c1. The highest BCUT2D eigenvalue weighted by atomic mass is 16.5. The summed E-state index contributed by atoms with van der Waals surface area (Å²) in [7, 11) is 3.10. The zero-order chi connectivity index (χ0) is 23.7. The molecule has 3 aromatic rings. The Bertz CT molecular complexity index is 1200. The fourth-order valence-electron chi connectivity index (χ4n) is 4.29. The van der Waals surface area contributed by atoms with Crippen molar-refractivity contribution in [1.29, 1.82) is 0 Å². The molecule has 4 rings (SSSR count). The van der Waals surface area contributed by atoms with Crippen LogP contribution in [-0.2, 0) is 9.59 Å². The Balaban J connectivity index is 1.87. The summed E-state index contributed by atoms with van der Waals surface area (Å²) in [5.74, 6) is 0.705. The van der Waals surface area contributed by atoms with Crippen molar-refractivity contribution in [3.05, 3.63) is 82.9 Å². The lowest BCUT2D eigenvalue weighted by Gasteiger charge is -2.41. The summed E-state index contributed by atoms with van der Waals surface area (Å²) in [6, 6.07) is 18.1. The van der Waals surface area contributed by atoms with Crippen LogP contribution in [0.25, 0.3) is 0 Å². The first kappa shape index (κ1) is 22.4. The highest BCUT2D eigenvalue weighted by Crippen LogP contribution is 2.40. The molecule has 0 aromatic heterocycles. The lowest BCUT2D eigenvalue weighted by Crippen LogP contribution is -2.56. The molecule has 33 heavy (non-hydrogen) atoms. The number of benzene rings is 3. The van der Waals surface area contributed by atoms with Crippen LogP contribution in [0.3, 0.4) is 0 Å². The van der Waals surface area contributed by atoms with Gasteiger partial charge in [-0.1, -0.05) is 47.5 Å². The van der Waals surface area contributed by atoms with E-state index in [-0.39, 0.29) is 18.4 Å². The number of nitrogens with zero attached hydrogens (tertiary/aromatic N) is 2. The van der Waals surface area contributed by atoms with E-state index in [0.717, 1.165) is 27.9 Å². The smallest absolute Gasteiger partial charge is 0.255 e. The van der Waals surface area contributed by atoms with E-state index in [1.165, 1.54) is 4.90 Å². The summed E-state index contributed by atoms with van der Waals surface area (Å²) in [5.41, 5.74) is 5.12. The molecule has 1 heterocycles. The molecule has 0 unspecified atom stereocenters. The second-order valence-electron chi connectivity index (χ2n) is 8.33. The molecular weight excluding hydrogens is 416 g/mol. The minimum atomic E-state index is -0.802. The monoisotopic (exact) mass is 444 g/mol. The van der Waals surface area contributed by atoms with Gasteiger partial charge in [0.1, 0.15) is 24.1 Å². The highest BCUT2D eigenvalue weighted by Gasteiger charge is 2.43. The van der Waals surface area contributed by atoms with Gasteiger partial charge >= 0.3 is 0 Å². The molecule has 0 radical (unpaired) electrons. The van der Waals surface area contributed by atoms with Crippen LogP contribution in [0, 0.1) is 20.8 Å². The molecule has 1 atom stereocenters. The van der Waals surface area contributed by atoms with Crippen LogP contribution in [0.2, 0.25) is 0 Å². The molecule has 1 aliphatic heterocycles. The first-order chi connectivity index (χ1) is 15.8. The van der Waals surface area contributed by atoms with Gasteiger partial charge in [-0.15, -0.1) is 0 Å². The Labute approximate surface area is 194 Å². The lowest BCUT2D eigenvalue weighted by atomic mass is 9.97. The Hall–Kier alpha value is -3.80. The largest absolute Gasteiger partial charge is 0.497 e. The molecule has 0 saturated carbocycles. The van der Waals surface area contributed by atoms with Gasteiger partial charge in [-0.25, -0.2) is 0 Å². The summed E-state index contributed by atoms with van der Waals surface area (Å²) in [6.45, 7) is 5.86. The molecule has 0 N–H and O–H groups in total. The molecular formula is C27H28N2O4. The third kappa shape index (κ3) is 4.16. The third-order valence-electron chi connectivity index (χ3n) is 6.00. The average molecular weight is 445 g/mol. The number of aryl methyl sites for hydroxylation is 3. The van der Waals surface area contributed by atoms with Crippen molar-refractivity contribution in [1.82, 2.24) is 0 Å². The van der Waals surface area contributed by atoms with Crippen LogP contribution in [0.1, 0.15) is 28.3 Å². The number of amides is 2. The molecule has 1 saturated heterocycles. The van der Waals surface area contributed by atoms with Gasteiger partial charge in [0.25, 0.3) is 5.91 Å². The first-order valence-corrected chi connectivity index (χ1v) is 10.8. The van der Waals surface area contributed by atoms with Gasteiger partial charge in [0.15, 0.2) is 0 Å². The quantitative estimate of drug-likeness (QED) is 0.570. The standard InChI is InChI=1S/C27H28N2O4/c1-17-6-9-20(10-7-17)26-27(31)28(23-15-21(32-4)11-13-24(23)33-5)16-25(30)29(26)22-12-8-18(2)14-19(22)3/h6-15,26H,16H2,1-5H3/t26-/m1/s1. The van der Waals surface area contributed by atoms with Gasteiger partial charge in [-0.05, 0) is 50.1 Å². The summed E-state index contributed by atoms with van der Waals surface area (Å²) in [6.07, 6.45) is 0. The van der Waals surface area contributed by atoms with Crippen LogP contribution in [0.15, 0.2) is 60.7 Å².